The highest BCUT2D eigenvalue weighted by molar-refractivity contribution is 8.01. The van der Waals surface area contributed by atoms with Crippen LogP contribution < -0.4 is 11.1 Å². The molecule has 1 aromatic carbocycles. The number of β-lactam (4-membered cyclic amide) rings is 1. The fourth-order valence-electron chi connectivity index (χ4n) is 3.61. The Morgan fingerprint density at radius 3 is 2.74 bits per heavy atom. The number of fused-ring (bicyclic) bond motifs is 1. The van der Waals surface area contributed by atoms with Gasteiger partial charge >= 0.3 is 5.97 Å². The lowest BCUT2D eigenvalue weighted by Gasteiger charge is -2.49. The maximum atomic E-state index is 12.8. The minimum Gasteiger partial charge on any atom is -0.477 e. The number of hydrogen-bond acceptors (Lipinski definition) is 10. The summed E-state index contributed by atoms with van der Waals surface area (Å²) in [6.07, 6.45) is 0.222. The molecule has 2 amide bonds. The molecule has 4 rings (SSSR count). The molecule has 10 nitrogen and oxygen atoms in total. The van der Waals surface area contributed by atoms with Crippen molar-refractivity contribution in [3.63, 3.8) is 0 Å². The van der Waals surface area contributed by atoms with Crippen LogP contribution in [0.1, 0.15) is 10.6 Å². The quantitative estimate of drug-likeness (QED) is 0.217. The van der Waals surface area contributed by atoms with E-state index in [-0.39, 0.29) is 17.8 Å². The lowest BCUT2D eigenvalue weighted by Crippen LogP contribution is -2.71. The normalized spacial score (nSPS) is 20.4. The fraction of sp³-hybridized carbons (Fsp3) is 0.333. The van der Waals surface area contributed by atoms with Crippen LogP contribution >= 0.6 is 34.9 Å². The van der Waals surface area contributed by atoms with Crippen LogP contribution in [-0.2, 0) is 20.8 Å². The Hall–Kier alpha value is -2.74. The number of carboxylic acids is 1. The van der Waals surface area contributed by atoms with E-state index >= 15 is 0 Å². The number of aromatic nitrogens is 2. The van der Waals surface area contributed by atoms with Gasteiger partial charge in [-0.3, -0.25) is 14.5 Å². The molecule has 5 N–H and O–H groups in total. The maximum absolute atomic E-state index is 12.8. The van der Waals surface area contributed by atoms with E-state index in [9.17, 15) is 19.5 Å². The van der Waals surface area contributed by atoms with Crippen molar-refractivity contribution in [2.24, 2.45) is 5.73 Å². The number of thioether (sulfide) groups is 2. The molecule has 0 aliphatic carbocycles. The SMILES string of the molecule is Cc1nnc(SCC2=C(C(=O)O)N3C(=O)C(NC(=O)C(N)C(=N)Cc4ccccc4)[C@H]3SC2)s1. The maximum Gasteiger partial charge on any atom is 0.352 e. The molecule has 0 bridgehead atoms. The molecule has 178 valence electrons. The van der Waals surface area contributed by atoms with E-state index in [0.717, 1.165) is 14.9 Å². The number of nitrogens with two attached hydrogens (primary N) is 1. The summed E-state index contributed by atoms with van der Waals surface area (Å²) in [6.45, 7) is 1.84. The number of aliphatic carboxylic acids is 1. The molecule has 3 atom stereocenters. The highest BCUT2D eigenvalue weighted by Crippen LogP contribution is 2.41. The minimum atomic E-state index is -1.20. The summed E-state index contributed by atoms with van der Waals surface area (Å²) < 4.78 is 0.730. The van der Waals surface area contributed by atoms with Crippen molar-refractivity contribution >= 4 is 58.4 Å². The standard InChI is InChI=1S/C21H22N6O4S3/c1-10-25-26-21(34-10)33-9-12-8-32-19-15(18(29)27(19)16(12)20(30)31)24-17(28)14(23)13(22)7-11-5-3-2-4-6-11/h2-6,14-15,19,22H,7-9,23H2,1H3,(H,24,28)(H,30,31)/t14?,15?,19-/m1/s1. The largest absolute Gasteiger partial charge is 0.477 e. The van der Waals surface area contributed by atoms with E-state index in [0.29, 0.717) is 17.1 Å². The first-order valence-electron chi connectivity index (χ1n) is 10.3. The minimum absolute atomic E-state index is 0.0287. The number of carbonyl (C=O) groups is 3. The predicted octanol–water partition coefficient (Wildman–Crippen LogP) is 1.27. The molecule has 1 fully saturated rings. The third kappa shape index (κ3) is 5.02. The van der Waals surface area contributed by atoms with Gasteiger partial charge in [-0.25, -0.2) is 4.79 Å². The van der Waals surface area contributed by atoms with E-state index in [1.54, 1.807) is 0 Å². The Kier molecular flexibility index (Phi) is 7.36. The van der Waals surface area contributed by atoms with Crippen LogP contribution in [0.5, 0.6) is 0 Å². The van der Waals surface area contributed by atoms with Gasteiger partial charge in [0.2, 0.25) is 5.91 Å². The van der Waals surface area contributed by atoms with Gasteiger partial charge in [0.25, 0.3) is 5.91 Å². The van der Waals surface area contributed by atoms with E-state index in [1.807, 2.05) is 37.3 Å². The number of carbonyl (C=O) groups excluding carboxylic acids is 2. The highest BCUT2D eigenvalue weighted by atomic mass is 32.2. The number of nitrogens with zero attached hydrogens (tertiary/aromatic N) is 3. The van der Waals surface area contributed by atoms with Crippen molar-refractivity contribution in [2.45, 2.75) is 35.1 Å². The van der Waals surface area contributed by atoms with Gasteiger partial charge < -0.3 is 21.6 Å². The first-order chi connectivity index (χ1) is 16.3. The van der Waals surface area contributed by atoms with Crippen LogP contribution in [-0.4, -0.2) is 72.7 Å². The Balaban J connectivity index is 1.40. The molecule has 2 aliphatic heterocycles. The molecule has 13 heteroatoms. The summed E-state index contributed by atoms with van der Waals surface area (Å²) in [4.78, 5) is 38.7. The molecule has 0 saturated carbocycles. The average Bonchev–Trinajstić information content (AvgIpc) is 3.25. The molecule has 1 aromatic heterocycles. The molecular weight excluding hydrogens is 496 g/mol. The van der Waals surface area contributed by atoms with Gasteiger partial charge in [0.15, 0.2) is 4.34 Å². The summed E-state index contributed by atoms with van der Waals surface area (Å²) in [6, 6.07) is 7.13. The lowest BCUT2D eigenvalue weighted by atomic mass is 10.0. The monoisotopic (exact) mass is 518 g/mol. The first kappa shape index (κ1) is 24.4. The molecule has 0 radical (unpaired) electrons. The van der Waals surface area contributed by atoms with Crippen LogP contribution in [0.25, 0.3) is 0 Å². The Labute approximate surface area is 207 Å². The van der Waals surface area contributed by atoms with Gasteiger partial charge in [0.1, 0.15) is 28.2 Å². The zero-order valence-electron chi connectivity index (χ0n) is 18.1. The molecule has 0 spiro atoms. The molecule has 2 unspecified atom stereocenters. The van der Waals surface area contributed by atoms with Crippen LogP contribution in [0.2, 0.25) is 0 Å². The summed E-state index contributed by atoms with van der Waals surface area (Å²) in [5.74, 6) is -1.54. The topological polar surface area (TPSA) is 162 Å². The second-order valence-electron chi connectivity index (χ2n) is 7.69. The summed E-state index contributed by atoms with van der Waals surface area (Å²) >= 11 is 4.19. The van der Waals surface area contributed by atoms with E-state index in [1.165, 1.54) is 39.8 Å². The number of aryl methyl sites for hydroxylation is 1. The van der Waals surface area contributed by atoms with Gasteiger partial charge in [-0.1, -0.05) is 53.4 Å². The molecule has 34 heavy (non-hydrogen) atoms. The van der Waals surface area contributed by atoms with Crippen molar-refractivity contribution in [3.05, 3.63) is 52.2 Å². The number of hydrogen-bond donors (Lipinski definition) is 4. The van der Waals surface area contributed by atoms with Crippen molar-refractivity contribution in [2.75, 3.05) is 11.5 Å². The average molecular weight is 519 g/mol. The molecule has 2 aromatic rings. The number of benzene rings is 1. The van der Waals surface area contributed by atoms with Crippen molar-refractivity contribution in [1.29, 1.82) is 5.41 Å². The smallest absolute Gasteiger partial charge is 0.352 e. The Morgan fingerprint density at radius 2 is 2.09 bits per heavy atom. The van der Waals surface area contributed by atoms with Crippen LogP contribution in [0.4, 0.5) is 0 Å². The second-order valence-corrected chi connectivity index (χ2v) is 11.2. The number of rotatable bonds is 9. The molecule has 2 aliphatic rings. The molecule has 1 saturated heterocycles. The zero-order chi connectivity index (χ0) is 24.4. The summed E-state index contributed by atoms with van der Waals surface area (Å²) in [7, 11) is 0. The number of carboxylic acid groups (broad SMARTS) is 1. The Morgan fingerprint density at radius 1 is 1.35 bits per heavy atom. The third-order valence-corrected chi connectivity index (χ3v) is 8.72. The summed E-state index contributed by atoms with van der Waals surface area (Å²) in [5, 5.41) is 28.8. The van der Waals surface area contributed by atoms with Gasteiger partial charge in [-0.05, 0) is 18.1 Å². The first-order valence-corrected chi connectivity index (χ1v) is 13.1. The van der Waals surface area contributed by atoms with Gasteiger partial charge in [-0.15, -0.1) is 22.0 Å². The zero-order valence-corrected chi connectivity index (χ0v) is 20.5. The van der Waals surface area contributed by atoms with Gasteiger partial charge in [0, 0.05) is 23.6 Å². The van der Waals surface area contributed by atoms with Crippen molar-refractivity contribution in [1.82, 2.24) is 20.4 Å². The van der Waals surface area contributed by atoms with Crippen LogP contribution in [0.15, 0.2) is 45.9 Å². The van der Waals surface area contributed by atoms with Crippen LogP contribution in [0, 0.1) is 12.3 Å². The van der Waals surface area contributed by atoms with Gasteiger partial charge in [0.05, 0.1) is 0 Å². The predicted molar refractivity (Wildman–Crippen MR) is 131 cm³/mol. The van der Waals surface area contributed by atoms with Crippen LogP contribution in [0.3, 0.4) is 0 Å². The van der Waals surface area contributed by atoms with Crippen molar-refractivity contribution in [3.8, 4) is 0 Å². The molecular formula is C21H22N6O4S3. The van der Waals surface area contributed by atoms with E-state index in [4.69, 9.17) is 11.1 Å². The van der Waals surface area contributed by atoms with Crippen molar-refractivity contribution < 1.29 is 19.5 Å². The Bertz CT molecular complexity index is 1170. The third-order valence-electron chi connectivity index (χ3n) is 5.32. The second kappa shape index (κ2) is 10.3. The fourth-order valence-corrected chi connectivity index (χ4v) is 6.91. The van der Waals surface area contributed by atoms with E-state index in [2.05, 4.69) is 15.5 Å². The highest BCUT2D eigenvalue weighted by Gasteiger charge is 2.54. The lowest BCUT2D eigenvalue weighted by molar-refractivity contribution is -0.150. The van der Waals surface area contributed by atoms with Gasteiger partial charge in [-0.2, -0.15) is 0 Å². The number of nitrogens with one attached hydrogen (secondary N) is 2. The molecule has 3 heterocycles. The van der Waals surface area contributed by atoms with E-state index < -0.39 is 35.2 Å². The summed E-state index contributed by atoms with van der Waals surface area (Å²) in [5.41, 5.74) is 7.41. The number of amides is 2.